The second-order valence-corrected chi connectivity index (χ2v) is 10.0. The smallest absolute Gasteiger partial charge is 0.164 e. The fraction of sp³-hybridized carbons (Fsp3) is 0. The summed E-state index contributed by atoms with van der Waals surface area (Å²) >= 11 is 0. The highest BCUT2D eigenvalue weighted by molar-refractivity contribution is 5.75. The molecule has 4 heteroatoms. The predicted octanol–water partition coefficient (Wildman–Crippen LogP) is 9.27. The molecule has 0 atom stereocenters. The van der Waals surface area contributed by atoms with E-state index in [0.29, 0.717) is 17.5 Å². The third-order valence-corrected chi connectivity index (χ3v) is 7.25. The number of benzene rings is 5. The van der Waals surface area contributed by atoms with Gasteiger partial charge in [0.2, 0.25) is 0 Å². The molecule has 7 aromatic rings. The van der Waals surface area contributed by atoms with E-state index in [4.69, 9.17) is 15.0 Å². The topological polar surface area (TPSA) is 51.6 Å². The molecule has 2 heterocycles. The summed E-state index contributed by atoms with van der Waals surface area (Å²) in [4.78, 5) is 19.0. The Morgan fingerprint density at radius 2 is 0.690 bits per heavy atom. The zero-order chi connectivity index (χ0) is 28.1. The first kappa shape index (κ1) is 25.2. The summed E-state index contributed by atoms with van der Waals surface area (Å²) in [5, 5.41) is 0. The van der Waals surface area contributed by atoms with Crippen molar-refractivity contribution >= 4 is 0 Å². The first-order chi connectivity index (χ1) is 20.8. The number of aromatic nitrogens is 4. The Balaban J connectivity index is 1.27. The second kappa shape index (κ2) is 11.4. The van der Waals surface area contributed by atoms with Crippen LogP contribution >= 0.6 is 0 Å². The monoisotopic (exact) mass is 538 g/mol. The zero-order valence-corrected chi connectivity index (χ0v) is 22.8. The van der Waals surface area contributed by atoms with E-state index in [2.05, 4.69) is 108 Å². The molecule has 4 nitrogen and oxygen atoms in total. The zero-order valence-electron chi connectivity index (χ0n) is 22.8. The molecule has 0 spiro atoms. The lowest BCUT2D eigenvalue weighted by atomic mass is 9.99. The summed E-state index contributed by atoms with van der Waals surface area (Å²) in [6, 6.07) is 49.8. The highest BCUT2D eigenvalue weighted by Gasteiger charge is 2.13. The summed E-state index contributed by atoms with van der Waals surface area (Å²) in [5.74, 6) is 1.93. The van der Waals surface area contributed by atoms with Gasteiger partial charge in [-0.1, -0.05) is 133 Å². The predicted molar refractivity (Wildman–Crippen MR) is 170 cm³/mol. The normalized spacial score (nSPS) is 10.9. The molecule has 2 aromatic heterocycles. The molecule has 0 saturated carbocycles. The molecule has 0 aliphatic rings. The highest BCUT2D eigenvalue weighted by Crippen LogP contribution is 2.30. The van der Waals surface area contributed by atoms with Gasteiger partial charge in [0, 0.05) is 29.1 Å². The molecule has 0 aliphatic carbocycles. The Hall–Kier alpha value is -5.74. The Labute approximate surface area is 245 Å². The minimum absolute atomic E-state index is 0.639. The average Bonchev–Trinajstić information content (AvgIpc) is 3.09. The molecule has 0 N–H and O–H groups in total. The minimum atomic E-state index is 0.639. The summed E-state index contributed by atoms with van der Waals surface area (Å²) in [6.45, 7) is 0. The van der Waals surface area contributed by atoms with Gasteiger partial charge in [-0.25, -0.2) is 15.0 Å². The quantitative estimate of drug-likeness (QED) is 0.212. The van der Waals surface area contributed by atoms with Gasteiger partial charge < -0.3 is 0 Å². The Morgan fingerprint density at radius 1 is 0.286 bits per heavy atom. The second-order valence-electron chi connectivity index (χ2n) is 10.0. The first-order valence-electron chi connectivity index (χ1n) is 13.9. The summed E-state index contributed by atoms with van der Waals surface area (Å²) in [6.07, 6.45) is 3.67. The molecular formula is C38H26N4. The fourth-order valence-corrected chi connectivity index (χ4v) is 5.02. The van der Waals surface area contributed by atoms with Gasteiger partial charge in [-0.3, -0.25) is 4.98 Å². The van der Waals surface area contributed by atoms with E-state index in [1.807, 2.05) is 48.7 Å². The van der Waals surface area contributed by atoms with Gasteiger partial charge in [0.15, 0.2) is 17.5 Å². The number of pyridine rings is 1. The average molecular weight is 539 g/mol. The lowest BCUT2D eigenvalue weighted by Gasteiger charge is -2.10. The van der Waals surface area contributed by atoms with E-state index in [1.54, 1.807) is 6.20 Å². The Kier molecular flexibility index (Phi) is 6.85. The van der Waals surface area contributed by atoms with Crippen LogP contribution in [-0.2, 0) is 0 Å². The van der Waals surface area contributed by atoms with Crippen LogP contribution in [0.1, 0.15) is 0 Å². The molecule has 0 fully saturated rings. The maximum absolute atomic E-state index is 4.96. The van der Waals surface area contributed by atoms with Gasteiger partial charge in [0.1, 0.15) is 0 Å². The van der Waals surface area contributed by atoms with Crippen LogP contribution < -0.4 is 0 Å². The van der Waals surface area contributed by atoms with Crippen molar-refractivity contribution in [1.29, 1.82) is 0 Å². The van der Waals surface area contributed by atoms with Gasteiger partial charge in [-0.2, -0.15) is 0 Å². The van der Waals surface area contributed by atoms with Gasteiger partial charge >= 0.3 is 0 Å². The number of hydrogen-bond acceptors (Lipinski definition) is 4. The SMILES string of the molecule is c1ccc(-c2ccc(-c3nc(-c4ccccc4)nc(-c4cccc(-c5ccc(-c6cccnc6)cc5)c4)n3)cc2)cc1. The minimum Gasteiger partial charge on any atom is -0.264 e. The van der Waals surface area contributed by atoms with Gasteiger partial charge in [-0.15, -0.1) is 0 Å². The largest absolute Gasteiger partial charge is 0.264 e. The van der Waals surface area contributed by atoms with Crippen molar-refractivity contribution < 1.29 is 0 Å². The standard InChI is InChI=1S/C38H26N4/c1-3-9-27(10-4-1)28-20-22-32(23-21-28)37-40-36(31-11-5-2-6-12-31)41-38(42-37)34-14-7-13-33(25-34)29-16-18-30(19-17-29)35-15-8-24-39-26-35/h1-26H. The van der Waals surface area contributed by atoms with Crippen LogP contribution in [0.25, 0.3) is 67.5 Å². The maximum atomic E-state index is 4.96. The van der Waals surface area contributed by atoms with E-state index < -0.39 is 0 Å². The van der Waals surface area contributed by atoms with Crippen LogP contribution in [0.4, 0.5) is 0 Å². The molecule has 5 aromatic carbocycles. The van der Waals surface area contributed by atoms with Crippen molar-refractivity contribution in [1.82, 2.24) is 19.9 Å². The lowest BCUT2D eigenvalue weighted by molar-refractivity contribution is 1.07. The molecule has 0 bridgehead atoms. The Bertz CT molecular complexity index is 1940. The van der Waals surface area contributed by atoms with Crippen molar-refractivity contribution in [2.24, 2.45) is 0 Å². The lowest BCUT2D eigenvalue weighted by Crippen LogP contribution is -2.00. The van der Waals surface area contributed by atoms with Crippen molar-refractivity contribution in [3.05, 3.63) is 158 Å². The van der Waals surface area contributed by atoms with Crippen LogP contribution in [0.15, 0.2) is 158 Å². The summed E-state index contributed by atoms with van der Waals surface area (Å²) in [5.41, 5.74) is 9.61. The molecular weight excluding hydrogens is 512 g/mol. The van der Waals surface area contributed by atoms with E-state index >= 15 is 0 Å². The van der Waals surface area contributed by atoms with E-state index in [-0.39, 0.29) is 0 Å². The van der Waals surface area contributed by atoms with Gasteiger partial charge in [0.25, 0.3) is 0 Å². The van der Waals surface area contributed by atoms with Gasteiger partial charge in [-0.05, 0) is 45.5 Å². The maximum Gasteiger partial charge on any atom is 0.164 e. The molecule has 0 amide bonds. The highest BCUT2D eigenvalue weighted by atomic mass is 15.0. The van der Waals surface area contributed by atoms with Crippen LogP contribution in [0.2, 0.25) is 0 Å². The molecule has 198 valence electrons. The summed E-state index contributed by atoms with van der Waals surface area (Å²) < 4.78 is 0. The van der Waals surface area contributed by atoms with Gasteiger partial charge in [0.05, 0.1) is 0 Å². The van der Waals surface area contributed by atoms with Crippen LogP contribution in [-0.4, -0.2) is 19.9 Å². The molecule has 0 radical (unpaired) electrons. The van der Waals surface area contributed by atoms with Crippen LogP contribution in [0.5, 0.6) is 0 Å². The van der Waals surface area contributed by atoms with E-state index in [0.717, 1.165) is 44.5 Å². The molecule has 7 rings (SSSR count). The van der Waals surface area contributed by atoms with E-state index in [9.17, 15) is 0 Å². The third kappa shape index (κ3) is 5.34. The van der Waals surface area contributed by atoms with Crippen molar-refractivity contribution in [3.63, 3.8) is 0 Å². The molecule has 0 aliphatic heterocycles. The molecule has 42 heavy (non-hydrogen) atoms. The van der Waals surface area contributed by atoms with Crippen molar-refractivity contribution in [2.45, 2.75) is 0 Å². The molecule has 0 saturated heterocycles. The van der Waals surface area contributed by atoms with Crippen LogP contribution in [0.3, 0.4) is 0 Å². The fourth-order valence-electron chi connectivity index (χ4n) is 5.02. The van der Waals surface area contributed by atoms with Crippen molar-refractivity contribution in [3.8, 4) is 67.5 Å². The third-order valence-electron chi connectivity index (χ3n) is 7.25. The number of nitrogens with zero attached hydrogens (tertiary/aromatic N) is 4. The molecule has 0 unspecified atom stereocenters. The summed E-state index contributed by atoms with van der Waals surface area (Å²) in [7, 11) is 0. The van der Waals surface area contributed by atoms with Crippen molar-refractivity contribution in [2.75, 3.05) is 0 Å². The first-order valence-corrected chi connectivity index (χ1v) is 13.9. The number of hydrogen-bond donors (Lipinski definition) is 0. The van der Waals surface area contributed by atoms with Crippen LogP contribution in [0, 0.1) is 0 Å². The Morgan fingerprint density at radius 3 is 1.29 bits per heavy atom. The van der Waals surface area contributed by atoms with E-state index in [1.165, 1.54) is 5.56 Å². The number of rotatable bonds is 6.